The zero-order valence-corrected chi connectivity index (χ0v) is 19.0. The summed E-state index contributed by atoms with van der Waals surface area (Å²) < 4.78 is 1.54. The van der Waals surface area contributed by atoms with Gasteiger partial charge in [0.2, 0.25) is 0 Å². The molecule has 0 bridgehead atoms. The van der Waals surface area contributed by atoms with Gasteiger partial charge in [0.05, 0.1) is 11.1 Å². The van der Waals surface area contributed by atoms with Crippen LogP contribution in [0.2, 0.25) is 5.02 Å². The highest BCUT2D eigenvalue weighted by molar-refractivity contribution is 6.33. The SMILES string of the molecule is Cc1ccc(-c2cc3c(nc2-c2ccccc2Cl)nc(C(C)(C)C)n2c(=O)[nH]nc32)cc1. The molecule has 0 unspecified atom stereocenters. The van der Waals surface area contributed by atoms with Crippen molar-refractivity contribution in [1.29, 1.82) is 0 Å². The van der Waals surface area contributed by atoms with Gasteiger partial charge < -0.3 is 0 Å². The van der Waals surface area contributed by atoms with E-state index in [0.29, 0.717) is 27.5 Å². The van der Waals surface area contributed by atoms with Gasteiger partial charge in [0.1, 0.15) is 5.82 Å². The second-order valence-electron chi connectivity index (χ2n) is 8.97. The summed E-state index contributed by atoms with van der Waals surface area (Å²) in [5, 5.41) is 8.19. The molecule has 5 aromatic rings. The Morgan fingerprint density at radius 2 is 1.69 bits per heavy atom. The lowest BCUT2D eigenvalue weighted by Gasteiger charge is -2.20. The number of nitrogens with one attached hydrogen (secondary N) is 1. The van der Waals surface area contributed by atoms with Crippen LogP contribution in [0.3, 0.4) is 0 Å². The van der Waals surface area contributed by atoms with Crippen LogP contribution in [0.4, 0.5) is 0 Å². The largest absolute Gasteiger partial charge is 0.349 e. The van der Waals surface area contributed by atoms with Crippen LogP contribution in [0, 0.1) is 6.92 Å². The van der Waals surface area contributed by atoms with Crippen molar-refractivity contribution in [2.45, 2.75) is 33.1 Å². The lowest BCUT2D eigenvalue weighted by molar-refractivity contribution is 0.535. The minimum Gasteiger partial charge on any atom is -0.246 e. The summed E-state index contributed by atoms with van der Waals surface area (Å²) in [7, 11) is 0. The molecule has 0 atom stereocenters. The molecule has 7 heteroatoms. The molecule has 0 radical (unpaired) electrons. The smallest absolute Gasteiger partial charge is 0.246 e. The van der Waals surface area contributed by atoms with E-state index in [1.165, 1.54) is 9.96 Å². The van der Waals surface area contributed by atoms with Crippen LogP contribution in [0.25, 0.3) is 39.1 Å². The molecule has 6 nitrogen and oxygen atoms in total. The van der Waals surface area contributed by atoms with Gasteiger partial charge in [-0.1, -0.05) is 80.4 Å². The molecule has 160 valence electrons. The van der Waals surface area contributed by atoms with Gasteiger partial charge in [-0.25, -0.2) is 24.3 Å². The van der Waals surface area contributed by atoms with Crippen molar-refractivity contribution in [2.24, 2.45) is 0 Å². The second kappa shape index (κ2) is 7.28. The number of nitrogens with zero attached hydrogens (tertiary/aromatic N) is 4. The third kappa shape index (κ3) is 3.28. The molecule has 0 spiro atoms. The average Bonchev–Trinajstić information content (AvgIpc) is 3.14. The lowest BCUT2D eigenvalue weighted by atomic mass is 9.94. The van der Waals surface area contributed by atoms with E-state index in [1.54, 1.807) is 0 Å². The van der Waals surface area contributed by atoms with Crippen molar-refractivity contribution in [2.75, 3.05) is 0 Å². The van der Waals surface area contributed by atoms with E-state index in [-0.39, 0.29) is 11.1 Å². The highest BCUT2D eigenvalue weighted by Gasteiger charge is 2.25. The minimum atomic E-state index is -0.387. The first kappa shape index (κ1) is 20.4. The van der Waals surface area contributed by atoms with Crippen LogP contribution < -0.4 is 5.69 Å². The van der Waals surface area contributed by atoms with Crippen molar-refractivity contribution >= 4 is 28.3 Å². The van der Waals surface area contributed by atoms with Crippen LogP contribution in [0.5, 0.6) is 0 Å². The first-order valence-electron chi connectivity index (χ1n) is 10.4. The van der Waals surface area contributed by atoms with Crippen molar-refractivity contribution in [1.82, 2.24) is 24.6 Å². The van der Waals surface area contributed by atoms with Crippen LogP contribution in [-0.2, 0) is 5.41 Å². The molecule has 5 rings (SSSR count). The first-order valence-corrected chi connectivity index (χ1v) is 10.8. The number of H-pyrrole nitrogens is 1. The fourth-order valence-electron chi connectivity index (χ4n) is 3.89. The third-order valence-electron chi connectivity index (χ3n) is 5.50. The summed E-state index contributed by atoms with van der Waals surface area (Å²) in [6, 6.07) is 17.9. The van der Waals surface area contributed by atoms with E-state index in [4.69, 9.17) is 21.6 Å². The standard InChI is InChI=1S/C25H22ClN5O/c1-14-9-11-15(12-10-14)17-13-18-21(27-20(17)16-7-5-6-8-19(16)26)28-23(25(2,3)4)31-22(18)29-30-24(31)32/h5-13H,1-4H3,(H,30,32). The van der Waals surface area contributed by atoms with E-state index in [2.05, 4.69) is 41.4 Å². The fraction of sp³-hybridized carbons (Fsp3) is 0.200. The molecule has 32 heavy (non-hydrogen) atoms. The number of rotatable bonds is 2. The average molecular weight is 444 g/mol. The number of pyridine rings is 1. The topological polar surface area (TPSA) is 75.9 Å². The number of halogens is 1. The summed E-state index contributed by atoms with van der Waals surface area (Å²) in [6.45, 7) is 8.08. The monoisotopic (exact) mass is 443 g/mol. The van der Waals surface area contributed by atoms with Crippen molar-refractivity contribution < 1.29 is 0 Å². The minimum absolute atomic E-state index is 0.314. The Morgan fingerprint density at radius 1 is 0.969 bits per heavy atom. The van der Waals surface area contributed by atoms with Gasteiger partial charge in [-0.3, -0.25) is 0 Å². The van der Waals surface area contributed by atoms with Crippen molar-refractivity contribution in [3.05, 3.63) is 81.5 Å². The van der Waals surface area contributed by atoms with E-state index >= 15 is 0 Å². The molecule has 2 aromatic carbocycles. The molecule has 3 heterocycles. The Hall–Kier alpha value is -3.51. The van der Waals surface area contributed by atoms with Gasteiger partial charge in [-0.15, -0.1) is 0 Å². The maximum Gasteiger partial charge on any atom is 0.349 e. The molecule has 0 aliphatic heterocycles. The zero-order valence-electron chi connectivity index (χ0n) is 18.3. The number of hydrogen-bond acceptors (Lipinski definition) is 4. The summed E-state index contributed by atoms with van der Waals surface area (Å²) in [4.78, 5) is 22.4. The molecule has 0 saturated carbocycles. The molecule has 3 aromatic heterocycles. The highest BCUT2D eigenvalue weighted by Crippen LogP contribution is 2.37. The van der Waals surface area contributed by atoms with Crippen LogP contribution in [0.15, 0.2) is 59.4 Å². The molecule has 0 fully saturated rings. The lowest BCUT2D eigenvalue weighted by Crippen LogP contribution is -2.25. The van der Waals surface area contributed by atoms with E-state index in [9.17, 15) is 4.79 Å². The van der Waals surface area contributed by atoms with Gasteiger partial charge in [0.25, 0.3) is 0 Å². The predicted molar refractivity (Wildman–Crippen MR) is 128 cm³/mol. The highest BCUT2D eigenvalue weighted by atomic mass is 35.5. The molecule has 0 aliphatic rings. The second-order valence-corrected chi connectivity index (χ2v) is 9.38. The first-order chi connectivity index (χ1) is 15.2. The number of fused-ring (bicyclic) bond motifs is 3. The Balaban J connectivity index is 1.94. The van der Waals surface area contributed by atoms with Gasteiger partial charge in [-0.05, 0) is 24.6 Å². The molecule has 0 amide bonds. The van der Waals surface area contributed by atoms with E-state index in [0.717, 1.165) is 22.4 Å². The normalized spacial score (nSPS) is 12.0. The number of aromatic amines is 1. The maximum absolute atomic E-state index is 12.6. The molecular weight excluding hydrogens is 422 g/mol. The number of benzene rings is 2. The third-order valence-corrected chi connectivity index (χ3v) is 5.83. The van der Waals surface area contributed by atoms with Gasteiger partial charge >= 0.3 is 5.69 Å². The van der Waals surface area contributed by atoms with Gasteiger partial charge in [-0.2, -0.15) is 5.10 Å². The quantitative estimate of drug-likeness (QED) is 0.387. The Kier molecular flexibility index (Phi) is 4.64. The van der Waals surface area contributed by atoms with Crippen LogP contribution in [-0.4, -0.2) is 24.6 Å². The fourth-order valence-corrected chi connectivity index (χ4v) is 4.12. The number of hydrogen-bond donors (Lipinski definition) is 1. The molecule has 0 saturated heterocycles. The Bertz CT molecular complexity index is 1540. The van der Waals surface area contributed by atoms with E-state index in [1.807, 2.05) is 51.1 Å². The summed E-state index contributed by atoms with van der Waals surface area (Å²) in [5.41, 5.74) is 4.95. The predicted octanol–water partition coefficient (Wildman–Crippen LogP) is 5.56. The maximum atomic E-state index is 12.6. The van der Waals surface area contributed by atoms with Crippen LogP contribution >= 0.6 is 11.6 Å². The summed E-state index contributed by atoms with van der Waals surface area (Å²) in [6.07, 6.45) is 0. The van der Waals surface area contributed by atoms with Gasteiger partial charge in [0.15, 0.2) is 11.3 Å². The number of aryl methyl sites for hydroxylation is 1. The molecular formula is C25H22ClN5O. The van der Waals surface area contributed by atoms with Crippen LogP contribution in [0.1, 0.15) is 32.2 Å². The number of aromatic nitrogens is 5. The molecule has 0 aliphatic carbocycles. The Morgan fingerprint density at radius 3 is 2.38 bits per heavy atom. The summed E-state index contributed by atoms with van der Waals surface area (Å²) >= 11 is 6.57. The van der Waals surface area contributed by atoms with Crippen molar-refractivity contribution in [3.63, 3.8) is 0 Å². The summed E-state index contributed by atoms with van der Waals surface area (Å²) in [5.74, 6) is 0.597. The Labute approximate surface area is 189 Å². The van der Waals surface area contributed by atoms with Crippen molar-refractivity contribution in [3.8, 4) is 22.4 Å². The zero-order chi connectivity index (χ0) is 22.6. The van der Waals surface area contributed by atoms with Gasteiger partial charge in [0, 0.05) is 21.6 Å². The van der Waals surface area contributed by atoms with E-state index < -0.39 is 0 Å². The molecule has 1 N–H and O–H groups in total.